The number of hydrogen-bond acceptors (Lipinski definition) is 4. The molecule has 0 aromatic rings. The molecule has 0 heterocycles. The quantitative estimate of drug-likeness (QED) is 0.724. The fourth-order valence-corrected chi connectivity index (χ4v) is 2.79. The van der Waals surface area contributed by atoms with Crippen molar-refractivity contribution < 1.29 is 19.3 Å². The van der Waals surface area contributed by atoms with Crippen LogP contribution in [0.3, 0.4) is 0 Å². The number of rotatable bonds is 7. The van der Waals surface area contributed by atoms with Gasteiger partial charge in [0.05, 0.1) is 18.3 Å². The summed E-state index contributed by atoms with van der Waals surface area (Å²) in [5.41, 5.74) is -0.754. The molecule has 0 atom stereocenters. The summed E-state index contributed by atoms with van der Waals surface area (Å²) in [4.78, 5) is 0. The zero-order valence-electron chi connectivity index (χ0n) is 13.2. The third-order valence-corrected chi connectivity index (χ3v) is 3.24. The first-order valence-corrected chi connectivity index (χ1v) is 7.46. The lowest BCUT2D eigenvalue weighted by Crippen LogP contribution is -2.60. The van der Waals surface area contributed by atoms with Crippen molar-refractivity contribution >= 4 is 0 Å². The van der Waals surface area contributed by atoms with Gasteiger partial charge in [0.15, 0.2) is 0 Å². The number of ether oxygens (including phenoxy) is 3. The smallest absolute Gasteiger partial charge is 0.311 e. The lowest BCUT2D eigenvalue weighted by atomic mass is 9.97. The Kier molecular flexibility index (Phi) is 5.80. The third kappa shape index (κ3) is 4.15. The second-order valence-corrected chi connectivity index (χ2v) is 6.28. The van der Waals surface area contributed by atoms with E-state index in [0.29, 0.717) is 0 Å². The van der Waals surface area contributed by atoms with Crippen molar-refractivity contribution in [3.63, 3.8) is 0 Å². The second kappa shape index (κ2) is 6.53. The Labute approximate surface area is 117 Å². The van der Waals surface area contributed by atoms with Crippen molar-refractivity contribution in [2.75, 3.05) is 0 Å². The summed E-state index contributed by atoms with van der Waals surface area (Å²) in [5.74, 6) is -1.67. The number of aliphatic hydroxyl groups is 1. The van der Waals surface area contributed by atoms with Crippen molar-refractivity contribution in [1.82, 2.24) is 0 Å². The summed E-state index contributed by atoms with van der Waals surface area (Å²) in [6.07, 6.45) is 3.35. The van der Waals surface area contributed by atoms with Gasteiger partial charge in [-0.2, -0.15) is 0 Å². The molecular formula is C15H30O4. The van der Waals surface area contributed by atoms with Crippen LogP contribution in [0.15, 0.2) is 0 Å². The van der Waals surface area contributed by atoms with Gasteiger partial charge < -0.3 is 19.3 Å². The molecule has 1 N–H and O–H groups in total. The van der Waals surface area contributed by atoms with Gasteiger partial charge in [0, 0.05) is 0 Å². The van der Waals surface area contributed by atoms with E-state index in [2.05, 4.69) is 0 Å². The molecule has 0 aromatic carbocycles. The average Bonchev–Trinajstić information content (AvgIpc) is 2.63. The topological polar surface area (TPSA) is 47.9 Å². The molecule has 1 aliphatic carbocycles. The van der Waals surface area contributed by atoms with Crippen molar-refractivity contribution in [2.45, 2.75) is 97.1 Å². The van der Waals surface area contributed by atoms with Crippen LogP contribution in [0.2, 0.25) is 0 Å². The molecule has 19 heavy (non-hydrogen) atoms. The van der Waals surface area contributed by atoms with Crippen molar-refractivity contribution in [3.05, 3.63) is 0 Å². The molecule has 0 aromatic heterocycles. The molecule has 0 aliphatic heterocycles. The zero-order valence-corrected chi connectivity index (χ0v) is 13.2. The predicted octanol–water partition coefficient (Wildman–Crippen LogP) is 3.22. The molecular weight excluding hydrogens is 244 g/mol. The molecule has 1 fully saturated rings. The van der Waals surface area contributed by atoms with Crippen LogP contribution in [0.25, 0.3) is 0 Å². The summed E-state index contributed by atoms with van der Waals surface area (Å²) < 4.78 is 17.6. The lowest BCUT2D eigenvalue weighted by Gasteiger charge is -2.45. The van der Waals surface area contributed by atoms with Gasteiger partial charge in [-0.3, -0.25) is 0 Å². The minimum atomic E-state index is -1.67. The van der Waals surface area contributed by atoms with E-state index in [1.807, 2.05) is 41.5 Å². The fourth-order valence-electron chi connectivity index (χ4n) is 2.79. The molecule has 4 nitrogen and oxygen atoms in total. The molecule has 0 unspecified atom stereocenters. The van der Waals surface area contributed by atoms with Crippen molar-refractivity contribution in [1.29, 1.82) is 0 Å². The van der Waals surface area contributed by atoms with Crippen LogP contribution in [0.5, 0.6) is 0 Å². The Bertz CT molecular complexity index is 257. The highest BCUT2D eigenvalue weighted by molar-refractivity contribution is 4.95. The maximum Gasteiger partial charge on any atom is 0.311 e. The fraction of sp³-hybridized carbons (Fsp3) is 1.00. The highest BCUT2D eigenvalue weighted by atomic mass is 16.8. The largest absolute Gasteiger partial charge is 0.364 e. The number of hydrogen-bond donors (Lipinski definition) is 1. The Balaban J connectivity index is 3.02. The molecule has 0 spiro atoms. The van der Waals surface area contributed by atoms with Crippen LogP contribution in [0.4, 0.5) is 0 Å². The summed E-state index contributed by atoms with van der Waals surface area (Å²) in [6.45, 7) is 11.5. The standard InChI is InChI=1S/C15H30O4/c1-11(2)17-14(9-7-8-10-14)15(16,18-12(3)4)19-13(5)6/h11-13,16H,7-10H2,1-6H3. The predicted molar refractivity (Wildman–Crippen MR) is 74.8 cm³/mol. The van der Waals surface area contributed by atoms with E-state index >= 15 is 0 Å². The van der Waals surface area contributed by atoms with Gasteiger partial charge >= 0.3 is 5.97 Å². The van der Waals surface area contributed by atoms with E-state index in [4.69, 9.17) is 14.2 Å². The van der Waals surface area contributed by atoms with Crippen LogP contribution >= 0.6 is 0 Å². The molecule has 1 aliphatic rings. The minimum absolute atomic E-state index is 0.0242. The first-order valence-electron chi connectivity index (χ1n) is 7.46. The van der Waals surface area contributed by atoms with E-state index in [9.17, 15) is 5.11 Å². The molecule has 0 saturated heterocycles. The lowest BCUT2D eigenvalue weighted by molar-refractivity contribution is -0.450. The van der Waals surface area contributed by atoms with E-state index < -0.39 is 11.6 Å². The van der Waals surface area contributed by atoms with Gasteiger partial charge in [0.2, 0.25) is 0 Å². The molecule has 1 rings (SSSR count). The molecule has 0 bridgehead atoms. The van der Waals surface area contributed by atoms with E-state index in [-0.39, 0.29) is 18.3 Å². The van der Waals surface area contributed by atoms with Gasteiger partial charge in [-0.05, 0) is 54.4 Å². The Morgan fingerprint density at radius 3 is 1.58 bits per heavy atom. The first kappa shape index (κ1) is 16.9. The molecule has 0 amide bonds. The third-order valence-electron chi connectivity index (χ3n) is 3.24. The highest BCUT2D eigenvalue weighted by Crippen LogP contribution is 2.44. The molecule has 4 heteroatoms. The Morgan fingerprint density at radius 2 is 1.26 bits per heavy atom. The van der Waals surface area contributed by atoms with Crippen LogP contribution in [-0.4, -0.2) is 35.0 Å². The second-order valence-electron chi connectivity index (χ2n) is 6.28. The summed E-state index contributed by atoms with van der Waals surface area (Å²) in [6, 6.07) is 0. The molecule has 0 radical (unpaired) electrons. The summed E-state index contributed by atoms with van der Waals surface area (Å²) in [7, 11) is 0. The van der Waals surface area contributed by atoms with Crippen molar-refractivity contribution in [2.24, 2.45) is 0 Å². The van der Waals surface area contributed by atoms with Gasteiger partial charge in [-0.15, -0.1) is 0 Å². The first-order chi connectivity index (χ1) is 8.71. The van der Waals surface area contributed by atoms with E-state index in [1.165, 1.54) is 0 Å². The summed E-state index contributed by atoms with van der Waals surface area (Å²) in [5, 5.41) is 11.0. The Hall–Kier alpha value is -0.160. The minimum Gasteiger partial charge on any atom is -0.364 e. The maximum absolute atomic E-state index is 11.0. The SMILES string of the molecule is CC(C)OC1(C(O)(OC(C)C)OC(C)C)CCCC1. The van der Waals surface area contributed by atoms with Crippen LogP contribution < -0.4 is 0 Å². The molecule has 1 saturated carbocycles. The van der Waals surface area contributed by atoms with Crippen molar-refractivity contribution in [3.8, 4) is 0 Å². The Morgan fingerprint density at radius 1 is 0.842 bits per heavy atom. The average molecular weight is 274 g/mol. The van der Waals surface area contributed by atoms with E-state index in [0.717, 1.165) is 25.7 Å². The van der Waals surface area contributed by atoms with Gasteiger partial charge in [0.25, 0.3) is 0 Å². The summed E-state index contributed by atoms with van der Waals surface area (Å²) >= 11 is 0. The highest BCUT2D eigenvalue weighted by Gasteiger charge is 2.57. The monoisotopic (exact) mass is 274 g/mol. The molecule has 114 valence electrons. The van der Waals surface area contributed by atoms with E-state index in [1.54, 1.807) is 0 Å². The van der Waals surface area contributed by atoms with Gasteiger partial charge in [-0.1, -0.05) is 12.8 Å². The van der Waals surface area contributed by atoms with Gasteiger partial charge in [0.1, 0.15) is 5.60 Å². The van der Waals surface area contributed by atoms with Crippen LogP contribution in [0.1, 0.15) is 67.2 Å². The maximum atomic E-state index is 11.0. The van der Waals surface area contributed by atoms with Crippen LogP contribution in [0, 0.1) is 0 Å². The zero-order chi connectivity index (χ0) is 14.7. The van der Waals surface area contributed by atoms with Crippen LogP contribution in [-0.2, 0) is 14.2 Å². The normalized spacial score (nSPS) is 19.9. The van der Waals surface area contributed by atoms with Gasteiger partial charge in [-0.25, -0.2) is 0 Å².